The van der Waals surface area contributed by atoms with Gasteiger partial charge in [0.15, 0.2) is 5.13 Å². The number of rotatable bonds is 11. The molecule has 3 amide bonds. The number of aromatic nitrogens is 1. The van der Waals surface area contributed by atoms with E-state index in [1.165, 1.54) is 22.7 Å². The fourth-order valence-electron chi connectivity index (χ4n) is 3.90. The van der Waals surface area contributed by atoms with Crippen LogP contribution in [0.3, 0.4) is 0 Å². The molecule has 32 heavy (non-hydrogen) atoms. The highest BCUT2D eigenvalue weighted by atomic mass is 32.1. The van der Waals surface area contributed by atoms with Crippen molar-refractivity contribution >= 4 is 45.5 Å². The zero-order chi connectivity index (χ0) is 22.9. The van der Waals surface area contributed by atoms with Crippen LogP contribution in [0.1, 0.15) is 74.9 Å². The molecule has 2 aromatic heterocycles. The largest absolute Gasteiger partial charge is 0.351 e. The predicted octanol–water partition coefficient (Wildman–Crippen LogP) is 4.66. The second-order valence-corrected chi connectivity index (χ2v) is 10.0. The van der Waals surface area contributed by atoms with Gasteiger partial charge in [0.2, 0.25) is 17.7 Å². The maximum absolute atomic E-state index is 13.3. The molecule has 2 aromatic rings. The molecule has 1 atom stereocenters. The predicted molar refractivity (Wildman–Crippen MR) is 129 cm³/mol. The minimum Gasteiger partial charge on any atom is -0.351 e. The lowest BCUT2D eigenvalue weighted by Crippen LogP contribution is -2.46. The van der Waals surface area contributed by atoms with Gasteiger partial charge in [-0.1, -0.05) is 32.3 Å². The first kappa shape index (κ1) is 24.4. The Morgan fingerprint density at radius 1 is 1.22 bits per heavy atom. The third-order valence-electron chi connectivity index (χ3n) is 5.58. The van der Waals surface area contributed by atoms with E-state index in [1.54, 1.807) is 4.90 Å². The molecule has 0 spiro atoms. The van der Waals surface area contributed by atoms with Gasteiger partial charge in [0, 0.05) is 35.7 Å². The van der Waals surface area contributed by atoms with Crippen molar-refractivity contribution in [3.8, 4) is 0 Å². The van der Waals surface area contributed by atoms with Crippen LogP contribution in [0.2, 0.25) is 0 Å². The van der Waals surface area contributed by atoms with Crippen LogP contribution >= 0.6 is 22.7 Å². The van der Waals surface area contributed by atoms with Crippen molar-refractivity contribution in [2.45, 2.75) is 77.3 Å². The summed E-state index contributed by atoms with van der Waals surface area (Å²) in [4.78, 5) is 45.6. The van der Waals surface area contributed by atoms with Gasteiger partial charge in [-0.25, -0.2) is 4.98 Å². The monoisotopic (exact) mass is 476 g/mol. The number of thiazole rings is 1. The van der Waals surface area contributed by atoms with Gasteiger partial charge in [-0.3, -0.25) is 14.4 Å². The maximum Gasteiger partial charge on any atom is 0.248 e. The van der Waals surface area contributed by atoms with E-state index in [2.05, 4.69) is 22.5 Å². The average Bonchev–Trinajstić information content (AvgIpc) is 3.53. The van der Waals surface area contributed by atoms with Crippen LogP contribution in [0, 0.1) is 6.92 Å². The summed E-state index contributed by atoms with van der Waals surface area (Å²) in [6.45, 7) is 4.41. The van der Waals surface area contributed by atoms with E-state index in [-0.39, 0.29) is 36.6 Å². The molecule has 1 unspecified atom stereocenters. The minimum atomic E-state index is -0.653. The Morgan fingerprint density at radius 3 is 2.62 bits per heavy atom. The Labute approximate surface area is 197 Å². The number of anilines is 1. The Balaban J connectivity index is 1.69. The minimum absolute atomic E-state index is 0.0541. The summed E-state index contributed by atoms with van der Waals surface area (Å²) in [5.74, 6) is -0.540. The van der Waals surface area contributed by atoms with Crippen molar-refractivity contribution in [2.75, 3.05) is 11.9 Å². The van der Waals surface area contributed by atoms with Crippen LogP contribution in [-0.2, 0) is 14.4 Å². The van der Waals surface area contributed by atoms with Crippen LogP contribution in [0.5, 0.6) is 0 Å². The number of nitrogens with zero attached hydrogens (tertiary/aromatic N) is 2. The molecule has 0 aliphatic heterocycles. The molecule has 7 nitrogen and oxygen atoms in total. The van der Waals surface area contributed by atoms with Crippen molar-refractivity contribution in [3.05, 3.63) is 33.5 Å². The summed E-state index contributed by atoms with van der Waals surface area (Å²) < 4.78 is 0. The van der Waals surface area contributed by atoms with Crippen molar-refractivity contribution in [2.24, 2.45) is 0 Å². The van der Waals surface area contributed by atoms with Gasteiger partial charge in [-0.2, -0.15) is 0 Å². The molecule has 0 radical (unpaired) electrons. The second-order valence-electron chi connectivity index (χ2n) is 8.19. The van der Waals surface area contributed by atoms with Crippen LogP contribution in [0.15, 0.2) is 22.9 Å². The van der Waals surface area contributed by atoms with E-state index in [4.69, 9.17) is 0 Å². The van der Waals surface area contributed by atoms with Gasteiger partial charge >= 0.3 is 0 Å². The Hall–Kier alpha value is -2.26. The molecule has 1 aliphatic rings. The van der Waals surface area contributed by atoms with E-state index in [9.17, 15) is 14.4 Å². The van der Waals surface area contributed by atoms with Gasteiger partial charge in [0.1, 0.15) is 6.04 Å². The number of unbranched alkanes of at least 4 members (excludes halogenated alkanes) is 1. The van der Waals surface area contributed by atoms with Crippen LogP contribution in [-0.4, -0.2) is 40.2 Å². The number of nitrogens with one attached hydrogen (secondary N) is 2. The average molecular weight is 477 g/mol. The molecule has 0 saturated heterocycles. The van der Waals surface area contributed by atoms with E-state index in [1.807, 2.05) is 29.8 Å². The molecular formula is C23H32N4O3S2. The van der Waals surface area contributed by atoms with E-state index >= 15 is 0 Å². The normalized spacial score (nSPS) is 14.8. The van der Waals surface area contributed by atoms with Crippen LogP contribution in [0.4, 0.5) is 5.13 Å². The lowest BCUT2D eigenvalue weighted by Gasteiger charge is -2.31. The second kappa shape index (κ2) is 12.1. The van der Waals surface area contributed by atoms with E-state index in [0.717, 1.165) is 49.1 Å². The first-order valence-electron chi connectivity index (χ1n) is 11.3. The van der Waals surface area contributed by atoms with Crippen LogP contribution < -0.4 is 10.6 Å². The Bertz CT molecular complexity index is 891. The molecule has 1 saturated carbocycles. The van der Waals surface area contributed by atoms with E-state index in [0.29, 0.717) is 11.7 Å². The zero-order valence-corrected chi connectivity index (χ0v) is 20.4. The summed E-state index contributed by atoms with van der Waals surface area (Å²) in [5.41, 5.74) is 0.846. The molecule has 0 bridgehead atoms. The molecule has 1 fully saturated rings. The molecule has 3 rings (SSSR count). The number of hydrogen-bond acceptors (Lipinski definition) is 6. The first-order chi connectivity index (χ1) is 15.5. The molecule has 2 N–H and O–H groups in total. The van der Waals surface area contributed by atoms with Gasteiger partial charge in [-0.05, 0) is 37.6 Å². The third-order valence-corrected chi connectivity index (χ3v) is 7.38. The standard InChI is InChI=1S/C23H32N4O3S2/c1-3-4-13-27(20(29)12-11-19(28)26-23-24-16(2)15-32-23)21(18-10-7-14-31-18)22(30)25-17-8-5-6-9-17/h7,10,14-15,17,21H,3-6,8-9,11-13H2,1-2H3,(H,25,30)(H,24,26,28). The number of hydrogen-bond donors (Lipinski definition) is 2. The molecule has 9 heteroatoms. The highest BCUT2D eigenvalue weighted by Crippen LogP contribution is 2.28. The van der Waals surface area contributed by atoms with Crippen molar-refractivity contribution in [3.63, 3.8) is 0 Å². The fourth-order valence-corrected chi connectivity index (χ4v) is 5.44. The smallest absolute Gasteiger partial charge is 0.248 e. The maximum atomic E-state index is 13.3. The molecular weight excluding hydrogens is 444 g/mol. The Kier molecular flexibility index (Phi) is 9.23. The van der Waals surface area contributed by atoms with Gasteiger partial charge in [0.25, 0.3) is 0 Å². The van der Waals surface area contributed by atoms with Gasteiger partial charge < -0.3 is 15.5 Å². The topological polar surface area (TPSA) is 91.4 Å². The SMILES string of the molecule is CCCCN(C(=O)CCC(=O)Nc1nc(C)cs1)C(C(=O)NC1CCCC1)c1cccs1. The number of aryl methyl sites for hydroxylation is 1. The molecule has 0 aromatic carbocycles. The highest BCUT2D eigenvalue weighted by molar-refractivity contribution is 7.13. The fraction of sp³-hybridized carbons (Fsp3) is 0.565. The molecule has 1 aliphatic carbocycles. The zero-order valence-electron chi connectivity index (χ0n) is 18.8. The summed E-state index contributed by atoms with van der Waals surface area (Å²) in [6.07, 6.45) is 6.05. The van der Waals surface area contributed by atoms with Gasteiger partial charge in [0.05, 0.1) is 5.69 Å². The van der Waals surface area contributed by atoms with Crippen molar-refractivity contribution in [1.82, 2.24) is 15.2 Å². The quantitative estimate of drug-likeness (QED) is 0.493. The number of carbonyl (C=O) groups is 3. The summed E-state index contributed by atoms with van der Waals surface area (Å²) in [5, 5.41) is 10.2. The van der Waals surface area contributed by atoms with Gasteiger partial charge in [-0.15, -0.1) is 22.7 Å². The van der Waals surface area contributed by atoms with Crippen molar-refractivity contribution < 1.29 is 14.4 Å². The number of carbonyl (C=O) groups excluding carboxylic acids is 3. The lowest BCUT2D eigenvalue weighted by molar-refractivity contribution is -0.141. The lowest BCUT2D eigenvalue weighted by atomic mass is 10.1. The number of amides is 3. The highest BCUT2D eigenvalue weighted by Gasteiger charge is 2.33. The molecule has 174 valence electrons. The summed E-state index contributed by atoms with van der Waals surface area (Å²) >= 11 is 2.85. The summed E-state index contributed by atoms with van der Waals surface area (Å²) in [7, 11) is 0. The Morgan fingerprint density at radius 2 is 2.00 bits per heavy atom. The molecule has 2 heterocycles. The van der Waals surface area contributed by atoms with Crippen LogP contribution in [0.25, 0.3) is 0 Å². The third kappa shape index (κ3) is 6.87. The van der Waals surface area contributed by atoms with Crippen molar-refractivity contribution in [1.29, 1.82) is 0 Å². The summed E-state index contributed by atoms with van der Waals surface area (Å²) in [6, 6.07) is 3.34. The first-order valence-corrected chi connectivity index (χ1v) is 13.1. The number of thiophene rings is 1. The van der Waals surface area contributed by atoms with E-state index < -0.39 is 6.04 Å².